The molecule has 2 heterocycles. The standard InChI is InChI=1S/C21H15F2N3O2S2/c1-12-24-14(10-29-12)9-28-15-5-2-4-13(8-15)20(27)26-21-25-18(11-30-21)19-16(22)6-3-7-17(19)23/h2-8,10-11H,9H2,1H3,(H,25,26,27). The number of rotatable bonds is 6. The Balaban J connectivity index is 1.45. The van der Waals surface area contributed by atoms with Gasteiger partial charge in [0.15, 0.2) is 5.13 Å². The van der Waals surface area contributed by atoms with Crippen molar-refractivity contribution in [1.82, 2.24) is 9.97 Å². The van der Waals surface area contributed by atoms with Gasteiger partial charge in [-0.25, -0.2) is 18.7 Å². The lowest BCUT2D eigenvalue weighted by molar-refractivity contribution is 0.102. The normalized spacial score (nSPS) is 10.8. The van der Waals surface area contributed by atoms with Crippen molar-refractivity contribution in [3.05, 3.63) is 81.1 Å². The van der Waals surface area contributed by atoms with Crippen LogP contribution in [0.3, 0.4) is 0 Å². The molecule has 0 atom stereocenters. The summed E-state index contributed by atoms with van der Waals surface area (Å²) in [5, 5.41) is 7.26. The lowest BCUT2D eigenvalue weighted by atomic mass is 10.1. The number of halogens is 2. The van der Waals surface area contributed by atoms with Crippen molar-refractivity contribution in [2.75, 3.05) is 5.32 Å². The minimum atomic E-state index is -0.710. The van der Waals surface area contributed by atoms with Gasteiger partial charge in [0.05, 0.1) is 22.0 Å². The number of anilines is 1. The topological polar surface area (TPSA) is 64.1 Å². The van der Waals surface area contributed by atoms with Crippen LogP contribution in [0.15, 0.2) is 53.2 Å². The third-order valence-electron chi connectivity index (χ3n) is 4.09. The molecular weight excluding hydrogens is 428 g/mol. The SMILES string of the molecule is Cc1nc(COc2cccc(C(=O)Nc3nc(-c4c(F)cccc4F)cs3)c2)cs1. The predicted molar refractivity (Wildman–Crippen MR) is 113 cm³/mol. The quantitative estimate of drug-likeness (QED) is 0.416. The Hall–Kier alpha value is -3.17. The highest BCUT2D eigenvalue weighted by atomic mass is 32.1. The number of thiazole rings is 2. The van der Waals surface area contributed by atoms with Gasteiger partial charge in [-0.3, -0.25) is 10.1 Å². The van der Waals surface area contributed by atoms with Crippen molar-refractivity contribution >= 4 is 33.7 Å². The molecule has 0 fully saturated rings. The van der Waals surface area contributed by atoms with Gasteiger partial charge in [0.1, 0.15) is 24.0 Å². The van der Waals surface area contributed by atoms with Crippen LogP contribution in [0.4, 0.5) is 13.9 Å². The largest absolute Gasteiger partial charge is 0.487 e. The van der Waals surface area contributed by atoms with E-state index in [0.29, 0.717) is 17.9 Å². The van der Waals surface area contributed by atoms with E-state index in [-0.39, 0.29) is 16.4 Å². The van der Waals surface area contributed by atoms with Gasteiger partial charge in [-0.2, -0.15) is 0 Å². The maximum absolute atomic E-state index is 13.9. The van der Waals surface area contributed by atoms with E-state index in [9.17, 15) is 13.6 Å². The molecule has 2 aromatic carbocycles. The molecule has 152 valence electrons. The number of carbonyl (C=O) groups is 1. The molecule has 0 spiro atoms. The second-order valence-corrected chi connectivity index (χ2v) is 8.18. The zero-order valence-corrected chi connectivity index (χ0v) is 17.3. The first-order valence-electron chi connectivity index (χ1n) is 8.85. The number of nitrogens with zero attached hydrogens (tertiary/aromatic N) is 2. The van der Waals surface area contributed by atoms with Crippen molar-refractivity contribution < 1.29 is 18.3 Å². The van der Waals surface area contributed by atoms with E-state index in [4.69, 9.17) is 4.74 Å². The summed E-state index contributed by atoms with van der Waals surface area (Å²) in [6.45, 7) is 2.23. The first-order valence-corrected chi connectivity index (χ1v) is 10.6. The maximum atomic E-state index is 13.9. The highest BCUT2D eigenvalue weighted by Gasteiger charge is 2.16. The molecule has 0 aliphatic carbocycles. The highest BCUT2D eigenvalue weighted by molar-refractivity contribution is 7.14. The molecule has 30 heavy (non-hydrogen) atoms. The van der Waals surface area contributed by atoms with Gasteiger partial charge in [0.25, 0.3) is 5.91 Å². The Morgan fingerprint density at radius 2 is 1.83 bits per heavy atom. The van der Waals surface area contributed by atoms with Crippen LogP contribution in [0.5, 0.6) is 5.75 Å². The summed E-state index contributed by atoms with van der Waals surface area (Å²) in [5.41, 5.74) is 1.10. The van der Waals surface area contributed by atoms with E-state index in [1.807, 2.05) is 12.3 Å². The zero-order valence-electron chi connectivity index (χ0n) is 15.7. The van der Waals surface area contributed by atoms with Crippen molar-refractivity contribution in [2.24, 2.45) is 0 Å². The Kier molecular flexibility index (Phi) is 5.82. The van der Waals surface area contributed by atoms with Gasteiger partial charge in [0.2, 0.25) is 0 Å². The van der Waals surface area contributed by atoms with Crippen molar-refractivity contribution in [3.8, 4) is 17.0 Å². The average molecular weight is 444 g/mol. The fourth-order valence-corrected chi connectivity index (χ4v) is 4.01. The first-order chi connectivity index (χ1) is 14.5. The molecule has 0 aliphatic rings. The molecule has 5 nitrogen and oxygen atoms in total. The van der Waals surface area contributed by atoms with Gasteiger partial charge in [-0.1, -0.05) is 12.1 Å². The molecule has 2 aromatic heterocycles. The first kappa shape index (κ1) is 20.1. The molecule has 0 saturated carbocycles. The number of nitrogens with one attached hydrogen (secondary N) is 1. The van der Waals surface area contributed by atoms with Crippen LogP contribution in [0.25, 0.3) is 11.3 Å². The Bertz CT molecular complexity index is 1190. The van der Waals surface area contributed by atoms with Gasteiger partial charge in [-0.05, 0) is 37.3 Å². The van der Waals surface area contributed by atoms with Gasteiger partial charge >= 0.3 is 0 Å². The van der Waals surface area contributed by atoms with Crippen LogP contribution in [0.1, 0.15) is 21.1 Å². The van der Waals surface area contributed by atoms with E-state index in [0.717, 1.165) is 34.2 Å². The van der Waals surface area contributed by atoms with Crippen molar-refractivity contribution in [3.63, 3.8) is 0 Å². The Morgan fingerprint density at radius 3 is 2.57 bits per heavy atom. The molecule has 0 radical (unpaired) electrons. The fraction of sp³-hybridized carbons (Fsp3) is 0.0952. The minimum absolute atomic E-state index is 0.126. The number of aryl methyl sites for hydroxylation is 1. The third-order valence-corrected chi connectivity index (χ3v) is 5.67. The predicted octanol–water partition coefficient (Wildman–Crippen LogP) is 5.68. The maximum Gasteiger partial charge on any atom is 0.257 e. The van der Waals surface area contributed by atoms with Crippen LogP contribution >= 0.6 is 22.7 Å². The number of ether oxygens (including phenoxy) is 1. The summed E-state index contributed by atoms with van der Waals surface area (Å²) < 4.78 is 33.6. The second-order valence-electron chi connectivity index (χ2n) is 6.26. The fourth-order valence-electron chi connectivity index (χ4n) is 2.72. The molecule has 9 heteroatoms. The zero-order chi connectivity index (χ0) is 21.1. The molecule has 0 saturated heterocycles. The lowest BCUT2D eigenvalue weighted by Gasteiger charge is -2.07. The molecule has 0 bridgehead atoms. The van der Waals surface area contributed by atoms with E-state index in [1.54, 1.807) is 35.6 Å². The molecular formula is C21H15F2N3O2S2. The number of hydrogen-bond donors (Lipinski definition) is 1. The van der Waals surface area contributed by atoms with Crippen LogP contribution in [-0.2, 0) is 6.61 Å². The van der Waals surface area contributed by atoms with Crippen LogP contribution in [0, 0.1) is 18.6 Å². The van der Waals surface area contributed by atoms with E-state index in [1.165, 1.54) is 11.4 Å². The number of carbonyl (C=O) groups excluding carboxylic acids is 1. The summed E-state index contributed by atoms with van der Waals surface area (Å²) in [6.07, 6.45) is 0. The summed E-state index contributed by atoms with van der Waals surface area (Å²) in [6, 6.07) is 10.3. The minimum Gasteiger partial charge on any atom is -0.487 e. The summed E-state index contributed by atoms with van der Waals surface area (Å²) >= 11 is 2.63. The van der Waals surface area contributed by atoms with Crippen LogP contribution in [0.2, 0.25) is 0 Å². The van der Waals surface area contributed by atoms with E-state index in [2.05, 4.69) is 15.3 Å². The van der Waals surface area contributed by atoms with Gasteiger partial charge in [-0.15, -0.1) is 22.7 Å². The number of amides is 1. The monoisotopic (exact) mass is 443 g/mol. The van der Waals surface area contributed by atoms with Crippen LogP contribution in [-0.4, -0.2) is 15.9 Å². The average Bonchev–Trinajstić information content (AvgIpc) is 3.35. The molecule has 0 unspecified atom stereocenters. The second kappa shape index (κ2) is 8.68. The van der Waals surface area contributed by atoms with Crippen molar-refractivity contribution in [2.45, 2.75) is 13.5 Å². The number of benzene rings is 2. The summed E-state index contributed by atoms with van der Waals surface area (Å²) in [4.78, 5) is 21.0. The Morgan fingerprint density at radius 1 is 1.07 bits per heavy atom. The molecule has 4 aromatic rings. The van der Waals surface area contributed by atoms with E-state index >= 15 is 0 Å². The van der Waals surface area contributed by atoms with Gasteiger partial charge in [0, 0.05) is 16.3 Å². The smallest absolute Gasteiger partial charge is 0.257 e. The lowest BCUT2D eigenvalue weighted by Crippen LogP contribution is -2.11. The van der Waals surface area contributed by atoms with Crippen LogP contribution < -0.4 is 10.1 Å². The van der Waals surface area contributed by atoms with E-state index < -0.39 is 17.5 Å². The molecule has 1 amide bonds. The molecule has 0 aliphatic heterocycles. The number of aromatic nitrogens is 2. The summed E-state index contributed by atoms with van der Waals surface area (Å²) in [7, 11) is 0. The third kappa shape index (κ3) is 4.52. The number of hydrogen-bond acceptors (Lipinski definition) is 6. The van der Waals surface area contributed by atoms with Gasteiger partial charge < -0.3 is 4.74 Å². The molecule has 1 N–H and O–H groups in total. The summed E-state index contributed by atoms with van der Waals surface area (Å²) in [5.74, 6) is -1.29. The van der Waals surface area contributed by atoms with Crippen molar-refractivity contribution in [1.29, 1.82) is 0 Å². The Labute approximate surface area is 179 Å². The molecule has 4 rings (SSSR count). The highest BCUT2D eigenvalue weighted by Crippen LogP contribution is 2.29.